The van der Waals surface area contributed by atoms with Crippen molar-refractivity contribution in [3.63, 3.8) is 0 Å². The molecule has 0 atom stereocenters. The zero-order valence-corrected chi connectivity index (χ0v) is 28.3. The summed E-state index contributed by atoms with van der Waals surface area (Å²) in [5.41, 5.74) is 13.6. The minimum atomic E-state index is 1.14. The Morgan fingerprint density at radius 2 is 0.843 bits per heavy atom. The summed E-state index contributed by atoms with van der Waals surface area (Å²) >= 11 is 0. The van der Waals surface area contributed by atoms with Gasteiger partial charge < -0.3 is 13.7 Å². The number of para-hydroxylation sites is 4. The van der Waals surface area contributed by atoms with Gasteiger partial charge in [0.05, 0.1) is 38.8 Å². The lowest BCUT2D eigenvalue weighted by atomic mass is 9.91. The second-order valence-electron chi connectivity index (χ2n) is 14.3. The van der Waals surface area contributed by atoms with Crippen molar-refractivity contribution in [3.8, 4) is 0 Å². The van der Waals surface area contributed by atoms with Gasteiger partial charge in [0, 0.05) is 65.2 Å². The maximum atomic E-state index is 2.55. The first kappa shape index (κ1) is 27.3. The smallest absolute Gasteiger partial charge is 0.0648 e. The summed E-state index contributed by atoms with van der Waals surface area (Å²) in [6.45, 7) is 4.44. The highest BCUT2D eigenvalue weighted by molar-refractivity contribution is 6.44. The molecule has 0 aliphatic rings. The summed E-state index contributed by atoms with van der Waals surface area (Å²) in [5.74, 6) is 0. The summed E-state index contributed by atoms with van der Waals surface area (Å²) in [7, 11) is 0. The maximum Gasteiger partial charge on any atom is 0.0648 e. The van der Waals surface area contributed by atoms with E-state index in [2.05, 4.69) is 179 Å². The Kier molecular flexibility index (Phi) is 5.11. The molecular weight excluding hydrogens is 619 g/mol. The Balaban J connectivity index is 1.48. The molecule has 3 nitrogen and oxygen atoms in total. The molecule has 0 bridgehead atoms. The normalized spacial score (nSPS) is 12.5. The molecule has 0 saturated heterocycles. The molecule has 0 radical (unpaired) electrons. The van der Waals surface area contributed by atoms with Crippen molar-refractivity contribution in [2.24, 2.45) is 0 Å². The van der Waals surface area contributed by atoms with Gasteiger partial charge in [-0.05, 0) is 80.6 Å². The molecule has 12 rings (SSSR count). The molecule has 0 unspecified atom stereocenters. The van der Waals surface area contributed by atoms with E-state index >= 15 is 0 Å². The first-order valence-corrected chi connectivity index (χ1v) is 17.8. The molecule has 51 heavy (non-hydrogen) atoms. The molecule has 238 valence electrons. The van der Waals surface area contributed by atoms with Gasteiger partial charge in [0.1, 0.15) is 0 Å². The summed E-state index contributed by atoms with van der Waals surface area (Å²) in [6, 6.07) is 56.3. The van der Waals surface area contributed by atoms with Crippen LogP contribution in [0.4, 0.5) is 17.1 Å². The highest BCUT2D eigenvalue weighted by Gasteiger charge is 2.31. The molecule has 0 N–H and O–H groups in total. The lowest BCUT2D eigenvalue weighted by Gasteiger charge is -2.28. The third kappa shape index (κ3) is 3.34. The van der Waals surface area contributed by atoms with Crippen molar-refractivity contribution in [1.29, 1.82) is 0 Å². The minimum Gasteiger partial charge on any atom is -0.309 e. The van der Waals surface area contributed by atoms with E-state index < -0.39 is 0 Å². The van der Waals surface area contributed by atoms with Crippen molar-refractivity contribution in [3.05, 3.63) is 163 Å². The van der Waals surface area contributed by atoms with Crippen LogP contribution in [0.5, 0.6) is 0 Å². The molecule has 0 saturated carbocycles. The summed E-state index contributed by atoms with van der Waals surface area (Å²) in [4.78, 5) is 2.51. The Hall–Kier alpha value is -6.58. The third-order valence-corrected chi connectivity index (χ3v) is 11.4. The lowest BCUT2D eigenvalue weighted by molar-refractivity contribution is 1.31. The SMILES string of the molecule is Cc1ccc2c(c1)c1c3c(cc4c5ccccc5n2c41)c(N(c1ccccc1)c1ccccc1)c1c2ccccc2n2c4ccc(C)cc4c3c12. The van der Waals surface area contributed by atoms with E-state index in [0.29, 0.717) is 0 Å². The highest BCUT2D eigenvalue weighted by Crippen LogP contribution is 2.55. The molecule has 0 aliphatic heterocycles. The number of anilines is 3. The third-order valence-electron chi connectivity index (χ3n) is 11.4. The van der Waals surface area contributed by atoms with Crippen LogP contribution in [0.3, 0.4) is 0 Å². The van der Waals surface area contributed by atoms with E-state index in [1.54, 1.807) is 0 Å². The standard InChI is InChI=1S/C48H31N3/c1-28-21-23-40-35(25-28)43-42-37(27-34-32-17-9-11-19-38(32)50(40)46(34)43)47(49(30-13-5-3-6-14-30)31-15-7-4-8-16-31)45-33-18-10-12-20-39(33)51-41-24-22-29(2)26-36(41)44(42)48(45)51/h3-27H,1-2H3. The maximum absolute atomic E-state index is 2.55. The van der Waals surface area contributed by atoms with Crippen LogP contribution in [-0.2, 0) is 0 Å². The van der Waals surface area contributed by atoms with Gasteiger partial charge in [-0.25, -0.2) is 0 Å². The van der Waals surface area contributed by atoms with Gasteiger partial charge in [0.25, 0.3) is 0 Å². The van der Waals surface area contributed by atoms with Gasteiger partial charge in [0.2, 0.25) is 0 Å². The van der Waals surface area contributed by atoms with Crippen LogP contribution in [0.2, 0.25) is 0 Å². The topological polar surface area (TPSA) is 12.1 Å². The summed E-state index contributed by atoms with van der Waals surface area (Å²) in [6.07, 6.45) is 0. The molecule has 0 amide bonds. The van der Waals surface area contributed by atoms with E-state index in [4.69, 9.17) is 0 Å². The van der Waals surface area contributed by atoms with Crippen LogP contribution in [0, 0.1) is 13.8 Å². The summed E-state index contributed by atoms with van der Waals surface area (Å²) in [5, 5.41) is 13.0. The molecule has 0 fully saturated rings. The van der Waals surface area contributed by atoms with Gasteiger partial charge in [-0.3, -0.25) is 0 Å². The number of aromatic nitrogens is 2. The van der Waals surface area contributed by atoms with Crippen LogP contribution in [0.1, 0.15) is 11.1 Å². The van der Waals surface area contributed by atoms with E-state index in [-0.39, 0.29) is 0 Å². The Morgan fingerprint density at radius 1 is 0.353 bits per heavy atom. The highest BCUT2D eigenvalue weighted by atomic mass is 15.1. The molecule has 8 aromatic carbocycles. The van der Waals surface area contributed by atoms with Crippen molar-refractivity contribution in [2.75, 3.05) is 4.90 Å². The molecule has 0 aliphatic carbocycles. The van der Waals surface area contributed by atoms with Crippen LogP contribution in [0.25, 0.3) is 87.0 Å². The fourth-order valence-electron chi connectivity index (χ4n) is 9.45. The predicted octanol–water partition coefficient (Wildman–Crippen LogP) is 13.2. The average Bonchev–Trinajstić information content (AvgIpc) is 3.89. The number of rotatable bonds is 3. The van der Waals surface area contributed by atoms with Gasteiger partial charge in [-0.1, -0.05) is 96.1 Å². The van der Waals surface area contributed by atoms with E-state index in [1.807, 2.05) is 0 Å². The van der Waals surface area contributed by atoms with Crippen molar-refractivity contribution in [1.82, 2.24) is 8.80 Å². The van der Waals surface area contributed by atoms with Crippen molar-refractivity contribution >= 4 is 104 Å². The average molecular weight is 650 g/mol. The quantitative estimate of drug-likeness (QED) is 0.185. The Labute approximate surface area is 293 Å². The molecule has 4 aromatic heterocycles. The number of hydrogen-bond donors (Lipinski definition) is 0. The second kappa shape index (κ2) is 9.56. The molecular formula is C48H31N3. The van der Waals surface area contributed by atoms with Crippen LogP contribution in [-0.4, -0.2) is 8.80 Å². The fourth-order valence-corrected chi connectivity index (χ4v) is 9.45. The van der Waals surface area contributed by atoms with Crippen molar-refractivity contribution < 1.29 is 0 Å². The molecule has 0 spiro atoms. The Morgan fingerprint density at radius 3 is 1.47 bits per heavy atom. The van der Waals surface area contributed by atoms with Crippen LogP contribution >= 0.6 is 0 Å². The van der Waals surface area contributed by atoms with E-state index in [0.717, 1.165) is 11.4 Å². The van der Waals surface area contributed by atoms with Gasteiger partial charge in [0.15, 0.2) is 0 Å². The zero-order chi connectivity index (χ0) is 33.5. The van der Waals surface area contributed by atoms with Gasteiger partial charge >= 0.3 is 0 Å². The number of fused-ring (bicyclic) bond motifs is 15. The number of benzene rings is 8. The monoisotopic (exact) mass is 649 g/mol. The first-order chi connectivity index (χ1) is 25.2. The minimum absolute atomic E-state index is 1.14. The summed E-state index contributed by atoms with van der Waals surface area (Å²) < 4.78 is 5.07. The Bertz CT molecular complexity index is 3300. The lowest BCUT2D eigenvalue weighted by Crippen LogP contribution is -2.11. The first-order valence-electron chi connectivity index (χ1n) is 17.8. The van der Waals surface area contributed by atoms with Gasteiger partial charge in [-0.2, -0.15) is 0 Å². The van der Waals surface area contributed by atoms with Crippen LogP contribution in [0.15, 0.2) is 152 Å². The largest absolute Gasteiger partial charge is 0.309 e. The molecule has 3 heteroatoms. The number of nitrogens with zero attached hydrogens (tertiary/aromatic N) is 3. The number of hydrogen-bond acceptors (Lipinski definition) is 1. The second-order valence-corrected chi connectivity index (χ2v) is 14.3. The van der Waals surface area contributed by atoms with E-state index in [1.165, 1.54) is 104 Å². The van der Waals surface area contributed by atoms with Crippen molar-refractivity contribution in [2.45, 2.75) is 13.8 Å². The molecule has 12 aromatic rings. The fraction of sp³-hybridized carbons (Fsp3) is 0.0417. The zero-order valence-electron chi connectivity index (χ0n) is 28.3. The van der Waals surface area contributed by atoms with Gasteiger partial charge in [-0.15, -0.1) is 0 Å². The van der Waals surface area contributed by atoms with E-state index in [9.17, 15) is 0 Å². The predicted molar refractivity (Wildman–Crippen MR) is 217 cm³/mol. The molecule has 4 heterocycles. The van der Waals surface area contributed by atoms with Crippen LogP contribution < -0.4 is 4.90 Å². The number of aryl methyl sites for hydroxylation is 2.